The van der Waals surface area contributed by atoms with Crippen molar-refractivity contribution in [1.29, 1.82) is 0 Å². The molecule has 1 rings (SSSR count). The molecule has 0 aliphatic carbocycles. The number of rotatable bonds is 4. The van der Waals surface area contributed by atoms with Gasteiger partial charge in [0.25, 0.3) is 0 Å². The average molecular weight is 298 g/mol. The molecule has 1 aromatic rings. The molecule has 0 spiro atoms. The second-order valence-corrected chi connectivity index (χ2v) is 5.56. The third-order valence-electron chi connectivity index (χ3n) is 2.35. The van der Waals surface area contributed by atoms with Crippen LogP contribution in [0.4, 0.5) is 0 Å². The van der Waals surface area contributed by atoms with Crippen LogP contribution in [-0.2, 0) is 9.53 Å². The maximum Gasteiger partial charge on any atom is 0.318 e. The van der Waals surface area contributed by atoms with Crippen LogP contribution in [0.5, 0.6) is 0 Å². The molecule has 0 aliphatic rings. The number of aliphatic hydroxyl groups excluding tert-OH is 1. The number of carbonyl (C=O) groups is 1. The highest BCUT2D eigenvalue weighted by atomic mass is 35.5. The van der Waals surface area contributed by atoms with Gasteiger partial charge >= 0.3 is 5.97 Å². The van der Waals surface area contributed by atoms with Crippen molar-refractivity contribution < 1.29 is 14.6 Å². The van der Waals surface area contributed by atoms with Crippen LogP contribution >= 0.6 is 11.6 Å². The average Bonchev–Trinajstić information content (AvgIpc) is 2.33. The first-order valence-electron chi connectivity index (χ1n) is 5.96. The topological polar surface area (TPSA) is 95.3 Å². The predicted molar refractivity (Wildman–Crippen MR) is 75.2 cm³/mol. The number of halogens is 1. The van der Waals surface area contributed by atoms with E-state index in [2.05, 4.69) is 10.0 Å². The molecule has 108 valence electrons. The maximum absolute atomic E-state index is 12.0. The molecule has 1 N–H and O–H groups in total. The van der Waals surface area contributed by atoms with Gasteiger partial charge in [-0.15, -0.1) is 0 Å². The smallest absolute Gasteiger partial charge is 0.318 e. The lowest BCUT2D eigenvalue weighted by atomic mass is 10.0. The Morgan fingerprint density at radius 1 is 1.45 bits per heavy atom. The lowest BCUT2D eigenvalue weighted by Crippen LogP contribution is -2.34. The summed E-state index contributed by atoms with van der Waals surface area (Å²) in [6.45, 7) is 5.04. The van der Waals surface area contributed by atoms with Crippen LogP contribution in [0.3, 0.4) is 0 Å². The number of hydrogen-bond acceptors (Lipinski definition) is 4. The van der Waals surface area contributed by atoms with Gasteiger partial charge in [0.2, 0.25) is 0 Å². The second-order valence-electron chi connectivity index (χ2n) is 5.15. The van der Waals surface area contributed by atoms with Crippen LogP contribution in [0.25, 0.3) is 10.4 Å². The zero-order valence-electron chi connectivity index (χ0n) is 11.4. The fraction of sp³-hybridized carbons (Fsp3) is 0.462. The van der Waals surface area contributed by atoms with Gasteiger partial charge in [-0.1, -0.05) is 34.9 Å². The van der Waals surface area contributed by atoms with Gasteiger partial charge in [0.1, 0.15) is 5.60 Å². The summed E-state index contributed by atoms with van der Waals surface area (Å²) >= 11 is 5.95. The molecular formula is C13H16ClN3O3. The van der Waals surface area contributed by atoms with Crippen LogP contribution < -0.4 is 0 Å². The molecule has 0 saturated carbocycles. The molecule has 0 unspecified atom stereocenters. The molecule has 0 saturated heterocycles. The Hall–Kier alpha value is -1.75. The van der Waals surface area contributed by atoms with Crippen molar-refractivity contribution in [2.75, 3.05) is 0 Å². The zero-order valence-corrected chi connectivity index (χ0v) is 12.2. The molecule has 0 aliphatic heterocycles. The van der Waals surface area contributed by atoms with E-state index < -0.39 is 23.7 Å². The third kappa shape index (κ3) is 4.42. The standard InChI is InChI=1S/C13H16ClN3O3/c1-13(2,3)20-12(19)10(16-17-15)11(18)8-6-4-5-7-9(8)14/h4-7,10-11,18H,1-3H3/t10-,11+/m1/s1. The van der Waals surface area contributed by atoms with E-state index in [1.165, 1.54) is 0 Å². The van der Waals surface area contributed by atoms with Gasteiger partial charge in [-0.05, 0) is 32.4 Å². The summed E-state index contributed by atoms with van der Waals surface area (Å²) in [6.07, 6.45) is -1.37. The van der Waals surface area contributed by atoms with Gasteiger partial charge in [-0.3, -0.25) is 4.79 Å². The SMILES string of the molecule is CC(C)(C)OC(=O)[C@H](N=[N+]=[N-])[C@@H](O)c1ccccc1Cl. The highest BCUT2D eigenvalue weighted by Crippen LogP contribution is 2.28. The first-order chi connectivity index (χ1) is 9.26. The first kappa shape index (κ1) is 16.3. The normalized spacial score (nSPS) is 14.1. The Labute approximate surface area is 121 Å². The monoisotopic (exact) mass is 297 g/mol. The van der Waals surface area contributed by atoms with Gasteiger partial charge in [0, 0.05) is 15.5 Å². The Morgan fingerprint density at radius 3 is 2.55 bits per heavy atom. The largest absolute Gasteiger partial charge is 0.460 e. The summed E-state index contributed by atoms with van der Waals surface area (Å²) in [5.41, 5.74) is 8.11. The summed E-state index contributed by atoms with van der Waals surface area (Å²) in [4.78, 5) is 14.6. The number of ether oxygens (including phenoxy) is 1. The number of nitrogens with zero attached hydrogens (tertiary/aromatic N) is 3. The van der Waals surface area contributed by atoms with E-state index in [0.29, 0.717) is 5.56 Å². The molecule has 0 aromatic heterocycles. The minimum Gasteiger partial charge on any atom is -0.460 e. The van der Waals surface area contributed by atoms with Crippen LogP contribution in [-0.4, -0.2) is 22.7 Å². The lowest BCUT2D eigenvalue weighted by molar-refractivity contribution is -0.159. The summed E-state index contributed by atoms with van der Waals surface area (Å²) in [5.74, 6) is -0.803. The van der Waals surface area contributed by atoms with Crippen LogP contribution in [0.15, 0.2) is 29.4 Å². The van der Waals surface area contributed by atoms with Crippen molar-refractivity contribution in [2.45, 2.75) is 38.5 Å². The molecule has 0 heterocycles. The zero-order chi connectivity index (χ0) is 15.3. The molecule has 7 heteroatoms. The Bertz CT molecular complexity index is 536. The van der Waals surface area contributed by atoms with Crippen LogP contribution in [0, 0.1) is 0 Å². The fourth-order valence-corrected chi connectivity index (χ4v) is 1.79. The van der Waals surface area contributed by atoms with E-state index in [0.717, 1.165) is 0 Å². The van der Waals surface area contributed by atoms with Crippen molar-refractivity contribution in [2.24, 2.45) is 5.11 Å². The summed E-state index contributed by atoms with van der Waals surface area (Å²) in [5, 5.41) is 13.8. The summed E-state index contributed by atoms with van der Waals surface area (Å²) in [7, 11) is 0. The molecule has 2 atom stereocenters. The van der Waals surface area contributed by atoms with E-state index in [4.69, 9.17) is 21.9 Å². The van der Waals surface area contributed by atoms with E-state index in [1.54, 1.807) is 45.0 Å². The van der Waals surface area contributed by atoms with Gasteiger partial charge < -0.3 is 9.84 Å². The predicted octanol–water partition coefficient (Wildman–Crippen LogP) is 3.39. The molecule has 0 fully saturated rings. The highest BCUT2D eigenvalue weighted by Gasteiger charge is 2.32. The molecule has 0 amide bonds. The molecule has 1 aromatic carbocycles. The number of carbonyl (C=O) groups excluding carboxylic acids is 1. The van der Waals surface area contributed by atoms with E-state index >= 15 is 0 Å². The molecule has 0 bridgehead atoms. The Kier molecular flexibility index (Phi) is 5.39. The van der Waals surface area contributed by atoms with Crippen LogP contribution in [0.1, 0.15) is 32.4 Å². The number of hydrogen-bond donors (Lipinski definition) is 1. The van der Waals surface area contributed by atoms with Crippen molar-refractivity contribution in [1.82, 2.24) is 0 Å². The summed E-state index contributed by atoms with van der Waals surface area (Å²) < 4.78 is 5.13. The molecular weight excluding hydrogens is 282 g/mol. The lowest BCUT2D eigenvalue weighted by Gasteiger charge is -2.24. The second kappa shape index (κ2) is 6.61. The van der Waals surface area contributed by atoms with Crippen molar-refractivity contribution >= 4 is 17.6 Å². The third-order valence-corrected chi connectivity index (χ3v) is 2.69. The van der Waals surface area contributed by atoms with Gasteiger partial charge in [-0.25, -0.2) is 0 Å². The van der Waals surface area contributed by atoms with Gasteiger partial charge in [-0.2, -0.15) is 0 Å². The minimum atomic E-state index is -1.39. The van der Waals surface area contributed by atoms with Crippen molar-refractivity contribution in [3.8, 4) is 0 Å². The maximum atomic E-state index is 12.0. The number of esters is 1. The van der Waals surface area contributed by atoms with Gasteiger partial charge in [0.15, 0.2) is 6.04 Å². The Balaban J connectivity index is 3.05. The van der Waals surface area contributed by atoms with Crippen LogP contribution in [0.2, 0.25) is 5.02 Å². The van der Waals surface area contributed by atoms with Crippen molar-refractivity contribution in [3.63, 3.8) is 0 Å². The summed E-state index contributed by atoms with van der Waals surface area (Å²) in [6, 6.07) is 5.08. The Morgan fingerprint density at radius 2 is 2.05 bits per heavy atom. The number of aliphatic hydroxyl groups is 1. The number of benzene rings is 1. The first-order valence-corrected chi connectivity index (χ1v) is 6.33. The molecule has 20 heavy (non-hydrogen) atoms. The van der Waals surface area contributed by atoms with E-state index in [1.807, 2.05) is 0 Å². The minimum absolute atomic E-state index is 0.279. The van der Waals surface area contributed by atoms with Gasteiger partial charge in [0.05, 0.1) is 6.10 Å². The highest BCUT2D eigenvalue weighted by molar-refractivity contribution is 6.31. The van der Waals surface area contributed by atoms with E-state index in [-0.39, 0.29) is 5.02 Å². The quantitative estimate of drug-likeness (QED) is 0.399. The fourth-order valence-electron chi connectivity index (χ4n) is 1.54. The van der Waals surface area contributed by atoms with Crippen molar-refractivity contribution in [3.05, 3.63) is 45.3 Å². The molecule has 6 nitrogen and oxygen atoms in total. The van der Waals surface area contributed by atoms with E-state index in [9.17, 15) is 9.90 Å². The molecule has 0 radical (unpaired) electrons. The number of azide groups is 1.